The highest BCUT2D eigenvalue weighted by molar-refractivity contribution is 7.08. The summed E-state index contributed by atoms with van der Waals surface area (Å²) < 4.78 is 4.57. The van der Waals surface area contributed by atoms with Crippen molar-refractivity contribution < 1.29 is 19.1 Å². The topological polar surface area (TPSA) is 75.7 Å². The number of nitrogens with one attached hydrogen (secondary N) is 1. The molecule has 0 radical (unpaired) electrons. The van der Waals surface area contributed by atoms with Crippen LogP contribution in [0.2, 0.25) is 0 Å². The predicted octanol–water partition coefficient (Wildman–Crippen LogP) is 0.252. The number of nitrogens with zero attached hydrogens (tertiary/aromatic N) is 1. The first-order chi connectivity index (χ1) is 9.13. The molecular formula is C12H14N2O4S. The van der Waals surface area contributed by atoms with Gasteiger partial charge in [0.2, 0.25) is 5.91 Å². The molecule has 1 fully saturated rings. The van der Waals surface area contributed by atoms with Gasteiger partial charge < -0.3 is 15.0 Å². The number of methoxy groups -OCH3 is 1. The molecule has 0 spiro atoms. The number of carbonyl (C=O) groups is 3. The fourth-order valence-electron chi connectivity index (χ4n) is 1.95. The minimum absolute atomic E-state index is 0.127. The van der Waals surface area contributed by atoms with E-state index in [1.54, 1.807) is 16.8 Å². The maximum Gasteiger partial charge on any atom is 0.308 e. The molecule has 1 unspecified atom stereocenters. The number of thiophene rings is 1. The first-order valence-electron chi connectivity index (χ1n) is 5.81. The SMILES string of the molecule is COC(=O)CC1C(=O)NCCN1C(=O)c1ccsc1. The molecule has 1 aliphatic rings. The van der Waals surface area contributed by atoms with Crippen LogP contribution >= 0.6 is 11.3 Å². The Balaban J connectivity index is 2.17. The third kappa shape index (κ3) is 2.93. The number of piperazine rings is 1. The Labute approximate surface area is 114 Å². The Bertz CT molecular complexity index is 486. The van der Waals surface area contributed by atoms with E-state index in [-0.39, 0.29) is 18.2 Å². The lowest BCUT2D eigenvalue weighted by Gasteiger charge is -2.34. The summed E-state index contributed by atoms with van der Waals surface area (Å²) >= 11 is 1.41. The Hall–Kier alpha value is -1.89. The zero-order valence-corrected chi connectivity index (χ0v) is 11.2. The van der Waals surface area contributed by atoms with Gasteiger partial charge in [-0.15, -0.1) is 0 Å². The van der Waals surface area contributed by atoms with E-state index in [4.69, 9.17) is 0 Å². The summed E-state index contributed by atoms with van der Waals surface area (Å²) in [6.07, 6.45) is -0.127. The summed E-state index contributed by atoms with van der Waals surface area (Å²) in [5.74, 6) is -1.06. The highest BCUT2D eigenvalue weighted by Crippen LogP contribution is 2.16. The molecule has 1 saturated heterocycles. The van der Waals surface area contributed by atoms with Crippen LogP contribution in [0.5, 0.6) is 0 Å². The number of amides is 2. The third-order valence-corrected chi connectivity index (χ3v) is 3.63. The van der Waals surface area contributed by atoms with Crippen LogP contribution in [0.1, 0.15) is 16.8 Å². The molecule has 0 saturated carbocycles. The molecule has 2 rings (SSSR count). The zero-order chi connectivity index (χ0) is 13.8. The van der Waals surface area contributed by atoms with E-state index < -0.39 is 12.0 Å². The average Bonchev–Trinajstić information content (AvgIpc) is 2.94. The first kappa shape index (κ1) is 13.5. The molecule has 0 bridgehead atoms. The monoisotopic (exact) mass is 282 g/mol. The van der Waals surface area contributed by atoms with Crippen molar-refractivity contribution in [3.8, 4) is 0 Å². The van der Waals surface area contributed by atoms with Gasteiger partial charge in [0, 0.05) is 18.5 Å². The molecule has 2 amide bonds. The summed E-state index contributed by atoms with van der Waals surface area (Å²) in [6, 6.07) is 0.905. The maximum atomic E-state index is 12.3. The number of hydrogen-bond acceptors (Lipinski definition) is 5. The van der Waals surface area contributed by atoms with Crippen LogP contribution < -0.4 is 5.32 Å². The number of esters is 1. The highest BCUT2D eigenvalue weighted by Gasteiger charge is 2.35. The van der Waals surface area contributed by atoms with Gasteiger partial charge in [-0.3, -0.25) is 14.4 Å². The summed E-state index contributed by atoms with van der Waals surface area (Å²) in [5, 5.41) is 6.18. The Morgan fingerprint density at radius 3 is 3.00 bits per heavy atom. The second-order valence-corrected chi connectivity index (χ2v) is 4.88. The van der Waals surface area contributed by atoms with E-state index in [9.17, 15) is 14.4 Å². The molecule has 2 heterocycles. The fraction of sp³-hybridized carbons (Fsp3) is 0.417. The quantitative estimate of drug-likeness (QED) is 0.806. The minimum atomic E-state index is -0.798. The number of rotatable bonds is 3. The van der Waals surface area contributed by atoms with Gasteiger partial charge in [-0.25, -0.2) is 0 Å². The second kappa shape index (κ2) is 5.83. The number of hydrogen-bond donors (Lipinski definition) is 1. The molecule has 102 valence electrons. The molecule has 1 aliphatic heterocycles. The molecule has 19 heavy (non-hydrogen) atoms. The van der Waals surface area contributed by atoms with Gasteiger partial charge in [0.15, 0.2) is 0 Å². The summed E-state index contributed by atoms with van der Waals surface area (Å²) in [7, 11) is 1.26. The minimum Gasteiger partial charge on any atom is -0.469 e. The van der Waals surface area contributed by atoms with E-state index in [2.05, 4.69) is 10.1 Å². The van der Waals surface area contributed by atoms with Crippen molar-refractivity contribution in [2.24, 2.45) is 0 Å². The van der Waals surface area contributed by atoms with Gasteiger partial charge in [-0.1, -0.05) is 0 Å². The summed E-state index contributed by atoms with van der Waals surface area (Å²) in [5.41, 5.74) is 0.537. The van der Waals surface area contributed by atoms with Crippen LogP contribution in [-0.2, 0) is 14.3 Å². The Morgan fingerprint density at radius 2 is 2.37 bits per heavy atom. The average molecular weight is 282 g/mol. The van der Waals surface area contributed by atoms with Crippen molar-refractivity contribution in [1.82, 2.24) is 10.2 Å². The van der Waals surface area contributed by atoms with Crippen molar-refractivity contribution in [2.45, 2.75) is 12.5 Å². The van der Waals surface area contributed by atoms with Crippen molar-refractivity contribution in [1.29, 1.82) is 0 Å². The normalized spacial score (nSPS) is 18.9. The van der Waals surface area contributed by atoms with Gasteiger partial charge in [0.05, 0.1) is 19.1 Å². The van der Waals surface area contributed by atoms with Crippen LogP contribution in [0.3, 0.4) is 0 Å². The predicted molar refractivity (Wildman–Crippen MR) is 68.8 cm³/mol. The van der Waals surface area contributed by atoms with Gasteiger partial charge in [-0.2, -0.15) is 11.3 Å². The van der Waals surface area contributed by atoms with Gasteiger partial charge in [-0.05, 0) is 11.4 Å². The molecule has 1 aromatic heterocycles. The Morgan fingerprint density at radius 1 is 1.58 bits per heavy atom. The second-order valence-electron chi connectivity index (χ2n) is 4.10. The van der Waals surface area contributed by atoms with Crippen LogP contribution in [0, 0.1) is 0 Å². The molecule has 0 aromatic carbocycles. The smallest absolute Gasteiger partial charge is 0.308 e. The van der Waals surface area contributed by atoms with Gasteiger partial charge in [0.25, 0.3) is 5.91 Å². The van der Waals surface area contributed by atoms with E-state index >= 15 is 0 Å². The van der Waals surface area contributed by atoms with Crippen molar-refractivity contribution >= 4 is 29.1 Å². The highest BCUT2D eigenvalue weighted by atomic mass is 32.1. The maximum absolute atomic E-state index is 12.3. The largest absolute Gasteiger partial charge is 0.469 e. The van der Waals surface area contributed by atoms with Gasteiger partial charge >= 0.3 is 5.97 Å². The molecule has 7 heteroatoms. The summed E-state index contributed by atoms with van der Waals surface area (Å²) in [6.45, 7) is 0.786. The van der Waals surface area contributed by atoms with Gasteiger partial charge in [0.1, 0.15) is 6.04 Å². The van der Waals surface area contributed by atoms with Crippen LogP contribution in [0.25, 0.3) is 0 Å². The fourth-order valence-corrected chi connectivity index (χ4v) is 2.58. The van der Waals surface area contributed by atoms with Crippen molar-refractivity contribution in [3.05, 3.63) is 22.4 Å². The molecule has 0 aliphatic carbocycles. The third-order valence-electron chi connectivity index (χ3n) is 2.95. The van der Waals surface area contributed by atoms with E-state index in [1.165, 1.54) is 23.3 Å². The molecule has 1 aromatic rings. The molecular weight excluding hydrogens is 268 g/mol. The lowest BCUT2D eigenvalue weighted by atomic mass is 10.1. The van der Waals surface area contributed by atoms with E-state index in [0.717, 1.165) is 0 Å². The number of carbonyl (C=O) groups excluding carboxylic acids is 3. The lowest BCUT2D eigenvalue weighted by molar-refractivity contribution is -0.145. The Kier molecular flexibility index (Phi) is 4.16. The van der Waals surface area contributed by atoms with Crippen LogP contribution in [0.4, 0.5) is 0 Å². The zero-order valence-electron chi connectivity index (χ0n) is 10.4. The van der Waals surface area contributed by atoms with E-state index in [1.807, 2.05) is 0 Å². The molecule has 1 N–H and O–H groups in total. The van der Waals surface area contributed by atoms with Crippen LogP contribution in [0.15, 0.2) is 16.8 Å². The standard InChI is InChI=1S/C12H14N2O4S/c1-18-10(15)6-9-11(16)13-3-4-14(9)12(17)8-2-5-19-7-8/h2,5,7,9H,3-4,6H2,1H3,(H,13,16). The number of ether oxygens (including phenoxy) is 1. The lowest BCUT2D eigenvalue weighted by Crippen LogP contribution is -2.57. The molecule has 1 atom stereocenters. The molecule has 6 nitrogen and oxygen atoms in total. The van der Waals surface area contributed by atoms with E-state index in [0.29, 0.717) is 18.7 Å². The summed E-state index contributed by atoms with van der Waals surface area (Å²) in [4.78, 5) is 36.9. The van der Waals surface area contributed by atoms with Crippen molar-refractivity contribution in [3.63, 3.8) is 0 Å². The van der Waals surface area contributed by atoms with Crippen molar-refractivity contribution in [2.75, 3.05) is 20.2 Å². The van der Waals surface area contributed by atoms with Crippen LogP contribution in [-0.4, -0.2) is 48.9 Å². The first-order valence-corrected chi connectivity index (χ1v) is 6.75.